The second kappa shape index (κ2) is 6.06. The zero-order valence-corrected chi connectivity index (χ0v) is 12.9. The number of benzene rings is 1. The summed E-state index contributed by atoms with van der Waals surface area (Å²) in [6.07, 6.45) is 2.42. The quantitative estimate of drug-likeness (QED) is 0.896. The maximum absolute atomic E-state index is 3.72. The van der Waals surface area contributed by atoms with E-state index in [0.717, 1.165) is 19.6 Å². The molecule has 1 aromatic rings. The third-order valence-corrected chi connectivity index (χ3v) is 4.58. The molecule has 19 heavy (non-hydrogen) atoms. The molecule has 2 heteroatoms. The Morgan fingerprint density at radius 2 is 2.00 bits per heavy atom. The minimum absolute atomic E-state index is 0.259. The topological polar surface area (TPSA) is 15.3 Å². The van der Waals surface area contributed by atoms with Crippen LogP contribution >= 0.6 is 0 Å². The van der Waals surface area contributed by atoms with E-state index < -0.39 is 0 Å². The molecule has 0 amide bonds. The van der Waals surface area contributed by atoms with Crippen LogP contribution in [0.1, 0.15) is 44.7 Å². The molecule has 1 heterocycles. The molecule has 1 saturated heterocycles. The van der Waals surface area contributed by atoms with Crippen molar-refractivity contribution in [1.82, 2.24) is 10.2 Å². The minimum Gasteiger partial charge on any atom is -0.310 e. The lowest BCUT2D eigenvalue weighted by Gasteiger charge is -2.35. The summed E-state index contributed by atoms with van der Waals surface area (Å²) < 4.78 is 0. The Labute approximate surface area is 118 Å². The Morgan fingerprint density at radius 3 is 2.63 bits per heavy atom. The van der Waals surface area contributed by atoms with Gasteiger partial charge in [0.15, 0.2) is 0 Å². The van der Waals surface area contributed by atoms with Crippen LogP contribution in [0.25, 0.3) is 0 Å². The number of nitrogens with one attached hydrogen (secondary N) is 1. The van der Waals surface area contributed by atoms with Crippen LogP contribution < -0.4 is 5.32 Å². The fraction of sp³-hybridized carbons (Fsp3) is 0.647. The highest BCUT2D eigenvalue weighted by atomic mass is 15.2. The van der Waals surface area contributed by atoms with Gasteiger partial charge >= 0.3 is 0 Å². The third kappa shape index (κ3) is 3.80. The van der Waals surface area contributed by atoms with Gasteiger partial charge in [-0.3, -0.25) is 4.90 Å². The first kappa shape index (κ1) is 14.5. The molecule has 0 aromatic heterocycles. The molecule has 0 spiro atoms. The van der Waals surface area contributed by atoms with Gasteiger partial charge in [-0.05, 0) is 45.7 Å². The summed E-state index contributed by atoms with van der Waals surface area (Å²) in [5.41, 5.74) is 3.03. The summed E-state index contributed by atoms with van der Waals surface area (Å²) in [4.78, 5) is 2.63. The lowest BCUT2D eigenvalue weighted by Crippen LogP contribution is -2.49. The van der Waals surface area contributed by atoms with Crippen molar-refractivity contribution in [2.75, 3.05) is 13.1 Å². The molecule has 1 aliphatic rings. The predicted molar refractivity (Wildman–Crippen MR) is 82.4 cm³/mol. The molecule has 0 saturated carbocycles. The van der Waals surface area contributed by atoms with Crippen LogP contribution in [0.2, 0.25) is 0 Å². The Kier molecular flexibility index (Phi) is 4.64. The van der Waals surface area contributed by atoms with E-state index in [1.165, 1.54) is 24.0 Å². The van der Waals surface area contributed by atoms with Crippen LogP contribution in [0.4, 0.5) is 0 Å². The van der Waals surface area contributed by atoms with E-state index in [2.05, 4.69) is 62.2 Å². The van der Waals surface area contributed by atoms with Gasteiger partial charge in [-0.2, -0.15) is 0 Å². The highest BCUT2D eigenvalue weighted by molar-refractivity contribution is 5.21. The van der Waals surface area contributed by atoms with E-state index in [9.17, 15) is 0 Å². The van der Waals surface area contributed by atoms with Gasteiger partial charge in [0, 0.05) is 24.7 Å². The smallest absolute Gasteiger partial charge is 0.0278 e. The molecule has 2 nitrogen and oxygen atoms in total. The standard InChI is InChI=1S/C17H28N2/c1-5-17(4)13-19(15(3)10-11-18-17)12-16-8-6-14(2)7-9-16/h6-9,15,18H,5,10-13H2,1-4H3. The predicted octanol–water partition coefficient (Wildman–Crippen LogP) is 3.35. The molecule has 1 aliphatic heterocycles. The summed E-state index contributed by atoms with van der Waals surface area (Å²) in [6, 6.07) is 9.62. The summed E-state index contributed by atoms with van der Waals surface area (Å²) >= 11 is 0. The maximum atomic E-state index is 3.72. The van der Waals surface area contributed by atoms with Crippen LogP contribution in [0.3, 0.4) is 0 Å². The summed E-state index contributed by atoms with van der Waals surface area (Å²) in [7, 11) is 0. The van der Waals surface area contributed by atoms with Gasteiger partial charge in [-0.25, -0.2) is 0 Å². The summed E-state index contributed by atoms with van der Waals surface area (Å²) in [5, 5.41) is 3.72. The number of hydrogen-bond donors (Lipinski definition) is 1. The second-order valence-corrected chi connectivity index (χ2v) is 6.37. The highest BCUT2D eigenvalue weighted by Crippen LogP contribution is 2.21. The van der Waals surface area contributed by atoms with Crippen molar-refractivity contribution in [3.05, 3.63) is 35.4 Å². The van der Waals surface area contributed by atoms with E-state index in [4.69, 9.17) is 0 Å². The molecule has 0 bridgehead atoms. The first-order chi connectivity index (χ1) is 9.02. The van der Waals surface area contributed by atoms with Crippen LogP contribution in [-0.4, -0.2) is 29.6 Å². The largest absolute Gasteiger partial charge is 0.310 e. The van der Waals surface area contributed by atoms with E-state index in [0.29, 0.717) is 6.04 Å². The lowest BCUT2D eigenvalue weighted by atomic mass is 9.98. The van der Waals surface area contributed by atoms with Crippen molar-refractivity contribution in [2.24, 2.45) is 0 Å². The molecule has 1 N–H and O–H groups in total. The molecule has 1 aromatic carbocycles. The summed E-state index contributed by atoms with van der Waals surface area (Å²) in [5.74, 6) is 0. The molecule has 0 aliphatic carbocycles. The average molecular weight is 260 g/mol. The molecule has 0 radical (unpaired) electrons. The Morgan fingerprint density at radius 1 is 1.32 bits per heavy atom. The van der Waals surface area contributed by atoms with E-state index in [1.54, 1.807) is 0 Å². The molecular weight excluding hydrogens is 232 g/mol. The van der Waals surface area contributed by atoms with Gasteiger partial charge in [0.1, 0.15) is 0 Å². The van der Waals surface area contributed by atoms with Crippen molar-refractivity contribution in [3.8, 4) is 0 Å². The van der Waals surface area contributed by atoms with Crippen LogP contribution in [-0.2, 0) is 6.54 Å². The first-order valence-corrected chi connectivity index (χ1v) is 7.57. The highest BCUT2D eigenvalue weighted by Gasteiger charge is 2.30. The van der Waals surface area contributed by atoms with Gasteiger partial charge in [0.2, 0.25) is 0 Å². The van der Waals surface area contributed by atoms with E-state index in [1.807, 2.05) is 0 Å². The second-order valence-electron chi connectivity index (χ2n) is 6.37. The fourth-order valence-corrected chi connectivity index (χ4v) is 2.80. The molecule has 2 atom stereocenters. The first-order valence-electron chi connectivity index (χ1n) is 7.57. The fourth-order valence-electron chi connectivity index (χ4n) is 2.80. The zero-order chi connectivity index (χ0) is 13.9. The van der Waals surface area contributed by atoms with Gasteiger partial charge in [0.05, 0.1) is 0 Å². The van der Waals surface area contributed by atoms with Crippen molar-refractivity contribution in [3.63, 3.8) is 0 Å². The summed E-state index contributed by atoms with van der Waals surface area (Å²) in [6.45, 7) is 12.5. The molecular formula is C17H28N2. The van der Waals surface area contributed by atoms with Crippen molar-refractivity contribution >= 4 is 0 Å². The minimum atomic E-state index is 0.259. The zero-order valence-electron chi connectivity index (χ0n) is 12.9. The third-order valence-electron chi connectivity index (χ3n) is 4.58. The number of aryl methyl sites for hydroxylation is 1. The van der Waals surface area contributed by atoms with Gasteiger partial charge in [0.25, 0.3) is 0 Å². The SMILES string of the molecule is CCC1(C)CN(Cc2ccc(C)cc2)C(C)CCN1. The Hall–Kier alpha value is -0.860. The van der Waals surface area contributed by atoms with E-state index >= 15 is 0 Å². The monoisotopic (exact) mass is 260 g/mol. The maximum Gasteiger partial charge on any atom is 0.0278 e. The van der Waals surface area contributed by atoms with Gasteiger partial charge in [-0.15, -0.1) is 0 Å². The average Bonchev–Trinajstić information content (AvgIpc) is 2.53. The number of nitrogens with zero attached hydrogens (tertiary/aromatic N) is 1. The Bertz CT molecular complexity index is 398. The van der Waals surface area contributed by atoms with Gasteiger partial charge in [-0.1, -0.05) is 36.8 Å². The van der Waals surface area contributed by atoms with Crippen LogP contribution in [0.5, 0.6) is 0 Å². The van der Waals surface area contributed by atoms with Crippen molar-refractivity contribution < 1.29 is 0 Å². The molecule has 2 rings (SSSR count). The molecule has 1 fully saturated rings. The van der Waals surface area contributed by atoms with Crippen molar-refractivity contribution in [1.29, 1.82) is 0 Å². The van der Waals surface area contributed by atoms with Gasteiger partial charge < -0.3 is 5.32 Å². The van der Waals surface area contributed by atoms with Crippen LogP contribution in [0, 0.1) is 6.92 Å². The number of hydrogen-bond acceptors (Lipinski definition) is 2. The Balaban J connectivity index is 2.09. The lowest BCUT2D eigenvalue weighted by molar-refractivity contribution is 0.163. The molecule has 106 valence electrons. The van der Waals surface area contributed by atoms with E-state index in [-0.39, 0.29) is 5.54 Å². The van der Waals surface area contributed by atoms with Crippen LogP contribution in [0.15, 0.2) is 24.3 Å². The number of rotatable bonds is 3. The van der Waals surface area contributed by atoms with Crippen molar-refractivity contribution in [2.45, 2.75) is 58.7 Å². The normalized spacial score (nSPS) is 29.2. The molecule has 2 unspecified atom stereocenters.